The van der Waals surface area contributed by atoms with E-state index in [1.807, 2.05) is 26.0 Å². The normalized spacial score (nSPS) is 23.1. The van der Waals surface area contributed by atoms with Gasteiger partial charge in [0.25, 0.3) is 0 Å². The molecule has 2 rings (SSSR count). The van der Waals surface area contributed by atoms with Gasteiger partial charge in [0, 0.05) is 5.56 Å². The first-order chi connectivity index (χ1) is 9.56. The van der Waals surface area contributed by atoms with E-state index in [0.717, 1.165) is 12.0 Å². The summed E-state index contributed by atoms with van der Waals surface area (Å²) >= 11 is 0. The summed E-state index contributed by atoms with van der Waals surface area (Å²) in [6, 6.07) is 7.63. The molecule has 4 heteroatoms. The van der Waals surface area contributed by atoms with Crippen LogP contribution in [0.4, 0.5) is 0 Å². The third kappa shape index (κ3) is 2.83. The number of ketones is 1. The summed E-state index contributed by atoms with van der Waals surface area (Å²) in [6.45, 7) is 3.87. The minimum absolute atomic E-state index is 0.0858. The fourth-order valence-corrected chi connectivity index (χ4v) is 2.56. The zero-order chi connectivity index (χ0) is 14.7. The van der Waals surface area contributed by atoms with Crippen LogP contribution in [0.1, 0.15) is 36.8 Å². The van der Waals surface area contributed by atoms with Crippen LogP contribution in [0.2, 0.25) is 0 Å². The van der Waals surface area contributed by atoms with E-state index >= 15 is 0 Å². The van der Waals surface area contributed by atoms with Gasteiger partial charge < -0.3 is 9.47 Å². The summed E-state index contributed by atoms with van der Waals surface area (Å²) in [5.74, 6) is -0.428. The monoisotopic (exact) mass is 273 g/mol. The minimum Gasteiger partial charge on any atom is -0.496 e. The molecule has 0 aliphatic carbocycles. The van der Waals surface area contributed by atoms with E-state index in [4.69, 9.17) is 9.47 Å². The molecule has 20 heavy (non-hydrogen) atoms. The molecule has 0 saturated carbocycles. The number of ether oxygens (including phenoxy) is 2. The van der Waals surface area contributed by atoms with Crippen LogP contribution < -0.4 is 4.74 Å². The number of aryl methyl sites for hydroxylation is 1. The lowest BCUT2D eigenvalue weighted by molar-refractivity contribution is -0.129. The molecule has 3 unspecified atom stereocenters. The van der Waals surface area contributed by atoms with Crippen LogP contribution in [0.25, 0.3) is 0 Å². The molecule has 0 amide bonds. The second-order valence-electron chi connectivity index (χ2n) is 5.22. The van der Waals surface area contributed by atoms with E-state index < -0.39 is 12.0 Å². The highest BCUT2D eigenvalue weighted by Crippen LogP contribution is 2.32. The van der Waals surface area contributed by atoms with E-state index in [1.165, 1.54) is 0 Å². The van der Waals surface area contributed by atoms with Gasteiger partial charge in [-0.25, -0.2) is 0 Å². The van der Waals surface area contributed by atoms with Gasteiger partial charge >= 0.3 is 0 Å². The third-order valence-electron chi connectivity index (χ3n) is 3.66. The predicted octanol–water partition coefficient (Wildman–Crippen LogP) is 2.75. The van der Waals surface area contributed by atoms with Gasteiger partial charge in [0.1, 0.15) is 17.8 Å². The van der Waals surface area contributed by atoms with Gasteiger partial charge in [0.2, 0.25) is 0 Å². The summed E-state index contributed by atoms with van der Waals surface area (Å²) in [5, 5.41) is 9.41. The van der Waals surface area contributed by atoms with Crippen molar-refractivity contribution in [3.8, 4) is 11.8 Å². The largest absolute Gasteiger partial charge is 0.496 e. The number of carbonyl (C=O) groups is 1. The van der Waals surface area contributed by atoms with E-state index in [0.29, 0.717) is 17.7 Å². The predicted molar refractivity (Wildman–Crippen MR) is 74.7 cm³/mol. The molecule has 0 radical (unpaired) electrons. The first-order valence-electron chi connectivity index (χ1n) is 6.80. The Balaban J connectivity index is 2.31. The highest BCUT2D eigenvalue weighted by Gasteiger charge is 2.35. The van der Waals surface area contributed by atoms with Crippen molar-refractivity contribution in [2.24, 2.45) is 0 Å². The van der Waals surface area contributed by atoms with Crippen molar-refractivity contribution in [2.75, 3.05) is 7.11 Å². The molecule has 3 atom stereocenters. The van der Waals surface area contributed by atoms with Crippen LogP contribution in [-0.4, -0.2) is 25.1 Å². The summed E-state index contributed by atoms with van der Waals surface area (Å²) in [5.41, 5.74) is 1.62. The van der Waals surface area contributed by atoms with Crippen LogP contribution in [-0.2, 0) is 9.53 Å². The molecule has 1 aromatic carbocycles. The number of nitriles is 1. The number of Topliss-reactive ketones (excluding diaryl/α,β-unsaturated/α-hetero) is 1. The van der Waals surface area contributed by atoms with Crippen LogP contribution >= 0.6 is 0 Å². The Kier molecular flexibility index (Phi) is 4.41. The lowest BCUT2D eigenvalue weighted by Gasteiger charge is -2.17. The number of methoxy groups -OCH3 is 1. The molecular formula is C16H19NO3. The molecule has 1 aliphatic rings. The van der Waals surface area contributed by atoms with Crippen LogP contribution in [0, 0.1) is 18.3 Å². The second-order valence-corrected chi connectivity index (χ2v) is 5.22. The molecule has 4 nitrogen and oxygen atoms in total. The van der Waals surface area contributed by atoms with Crippen molar-refractivity contribution in [1.29, 1.82) is 5.26 Å². The van der Waals surface area contributed by atoms with Gasteiger partial charge in [0.15, 0.2) is 5.78 Å². The Hall–Kier alpha value is -1.86. The van der Waals surface area contributed by atoms with Crippen LogP contribution in [0.3, 0.4) is 0 Å². The summed E-state index contributed by atoms with van der Waals surface area (Å²) in [6.07, 6.45) is 1.16. The number of rotatable bonds is 4. The van der Waals surface area contributed by atoms with Gasteiger partial charge in [-0.1, -0.05) is 17.7 Å². The van der Waals surface area contributed by atoms with E-state index in [2.05, 4.69) is 6.07 Å². The van der Waals surface area contributed by atoms with Crippen molar-refractivity contribution in [3.05, 3.63) is 29.3 Å². The van der Waals surface area contributed by atoms with E-state index in [1.54, 1.807) is 13.2 Å². The maximum absolute atomic E-state index is 12.5. The average Bonchev–Trinajstić information content (AvgIpc) is 2.86. The van der Waals surface area contributed by atoms with Gasteiger partial charge in [-0.05, 0) is 32.8 Å². The molecule has 0 aromatic heterocycles. The molecule has 0 spiro atoms. The standard InChI is InChI=1S/C16H19NO3/c1-10-4-6-14(19-3)12(8-10)13(9-17)16(18)15-7-5-11(2)20-15/h4,6,8,11,13,15H,5,7H2,1-3H3. The molecule has 1 saturated heterocycles. The summed E-state index contributed by atoms with van der Waals surface area (Å²) in [7, 11) is 1.54. The van der Waals surface area contributed by atoms with Gasteiger partial charge in [-0.15, -0.1) is 0 Å². The van der Waals surface area contributed by atoms with Crippen molar-refractivity contribution in [2.45, 2.75) is 44.8 Å². The zero-order valence-electron chi connectivity index (χ0n) is 12.1. The first-order valence-corrected chi connectivity index (χ1v) is 6.80. The van der Waals surface area contributed by atoms with E-state index in [9.17, 15) is 10.1 Å². The molecule has 1 aromatic rings. The average molecular weight is 273 g/mol. The minimum atomic E-state index is -0.833. The Labute approximate surface area is 119 Å². The summed E-state index contributed by atoms with van der Waals surface area (Å²) < 4.78 is 10.9. The summed E-state index contributed by atoms with van der Waals surface area (Å²) in [4.78, 5) is 12.5. The third-order valence-corrected chi connectivity index (χ3v) is 3.66. The smallest absolute Gasteiger partial charge is 0.183 e. The fourth-order valence-electron chi connectivity index (χ4n) is 2.56. The number of carbonyl (C=O) groups excluding carboxylic acids is 1. The van der Waals surface area contributed by atoms with Crippen molar-refractivity contribution in [3.63, 3.8) is 0 Å². The number of benzene rings is 1. The number of hydrogen-bond donors (Lipinski definition) is 0. The number of hydrogen-bond acceptors (Lipinski definition) is 4. The molecule has 0 N–H and O–H groups in total. The van der Waals surface area contributed by atoms with E-state index in [-0.39, 0.29) is 11.9 Å². The maximum Gasteiger partial charge on any atom is 0.183 e. The van der Waals surface area contributed by atoms with Crippen molar-refractivity contribution < 1.29 is 14.3 Å². The van der Waals surface area contributed by atoms with Gasteiger partial charge in [0.05, 0.1) is 19.3 Å². The quantitative estimate of drug-likeness (QED) is 0.846. The second kappa shape index (κ2) is 6.06. The SMILES string of the molecule is COc1ccc(C)cc1C(C#N)C(=O)C1CCC(C)O1. The molecule has 1 aliphatic heterocycles. The topological polar surface area (TPSA) is 59.3 Å². The zero-order valence-corrected chi connectivity index (χ0v) is 12.1. The Morgan fingerprint density at radius 1 is 1.50 bits per heavy atom. The fraction of sp³-hybridized carbons (Fsp3) is 0.500. The van der Waals surface area contributed by atoms with Crippen molar-refractivity contribution >= 4 is 5.78 Å². The van der Waals surface area contributed by atoms with Crippen molar-refractivity contribution in [1.82, 2.24) is 0 Å². The Bertz CT molecular complexity index is 547. The van der Waals surface area contributed by atoms with Crippen LogP contribution in [0.15, 0.2) is 18.2 Å². The van der Waals surface area contributed by atoms with Gasteiger partial charge in [-0.3, -0.25) is 4.79 Å². The Morgan fingerprint density at radius 3 is 2.80 bits per heavy atom. The highest BCUT2D eigenvalue weighted by atomic mass is 16.5. The highest BCUT2D eigenvalue weighted by molar-refractivity contribution is 5.93. The number of nitrogens with zero attached hydrogens (tertiary/aromatic N) is 1. The maximum atomic E-state index is 12.5. The molecule has 0 bridgehead atoms. The Morgan fingerprint density at radius 2 is 2.25 bits per heavy atom. The molecule has 106 valence electrons. The van der Waals surface area contributed by atoms with Gasteiger partial charge in [-0.2, -0.15) is 5.26 Å². The molecule has 1 heterocycles. The lowest BCUT2D eigenvalue weighted by Crippen LogP contribution is -2.26. The van der Waals surface area contributed by atoms with Crippen LogP contribution in [0.5, 0.6) is 5.75 Å². The first kappa shape index (κ1) is 14.5. The molecule has 1 fully saturated rings. The molecular weight excluding hydrogens is 254 g/mol. The lowest BCUT2D eigenvalue weighted by atomic mass is 9.90.